The van der Waals surface area contributed by atoms with Gasteiger partial charge in [0.15, 0.2) is 0 Å². The lowest BCUT2D eigenvalue weighted by molar-refractivity contribution is 0.300. The summed E-state index contributed by atoms with van der Waals surface area (Å²) in [6.07, 6.45) is 3.57. The molecule has 1 aromatic heterocycles. The molecule has 0 saturated heterocycles. The van der Waals surface area contributed by atoms with Crippen molar-refractivity contribution in [3.05, 3.63) is 59.4 Å². The maximum Gasteiger partial charge on any atom is 0.124 e. The minimum Gasteiger partial charge on any atom is -0.489 e. The van der Waals surface area contributed by atoms with Crippen molar-refractivity contribution in [3.8, 4) is 5.75 Å². The molecule has 2 aromatic rings. The summed E-state index contributed by atoms with van der Waals surface area (Å²) in [6.45, 7) is 4.79. The number of ether oxygens (including phenoxy) is 1. The van der Waals surface area contributed by atoms with Gasteiger partial charge in [-0.3, -0.25) is 4.98 Å². The van der Waals surface area contributed by atoms with Gasteiger partial charge in [0.2, 0.25) is 0 Å². The quantitative estimate of drug-likeness (QED) is 0.891. The van der Waals surface area contributed by atoms with Crippen molar-refractivity contribution in [2.75, 3.05) is 7.05 Å². The molecule has 0 aliphatic heterocycles. The third-order valence-electron chi connectivity index (χ3n) is 3.21. The van der Waals surface area contributed by atoms with Gasteiger partial charge in [-0.2, -0.15) is 0 Å². The Balaban J connectivity index is 2.15. The first-order chi connectivity index (χ1) is 9.20. The van der Waals surface area contributed by atoms with Crippen molar-refractivity contribution >= 4 is 0 Å². The highest BCUT2D eigenvalue weighted by Crippen LogP contribution is 2.26. The van der Waals surface area contributed by atoms with E-state index in [1.165, 1.54) is 11.1 Å². The summed E-state index contributed by atoms with van der Waals surface area (Å²) in [5, 5.41) is 3.26. The number of pyridine rings is 1. The summed E-state index contributed by atoms with van der Waals surface area (Å²) >= 11 is 0. The summed E-state index contributed by atoms with van der Waals surface area (Å²) in [6, 6.07) is 10.5. The van der Waals surface area contributed by atoms with Gasteiger partial charge in [-0.15, -0.1) is 0 Å². The molecular formula is C16H20N2O. The highest BCUT2D eigenvalue weighted by molar-refractivity contribution is 5.39. The fourth-order valence-electron chi connectivity index (χ4n) is 1.93. The second-order valence-corrected chi connectivity index (χ2v) is 4.70. The number of hydrogen-bond acceptors (Lipinski definition) is 3. The first-order valence-electron chi connectivity index (χ1n) is 6.50. The first kappa shape index (κ1) is 13.6. The van der Waals surface area contributed by atoms with Gasteiger partial charge in [0.1, 0.15) is 12.4 Å². The average Bonchev–Trinajstić information content (AvgIpc) is 2.46. The van der Waals surface area contributed by atoms with E-state index in [-0.39, 0.29) is 6.04 Å². The summed E-state index contributed by atoms with van der Waals surface area (Å²) in [4.78, 5) is 4.01. The van der Waals surface area contributed by atoms with Crippen LogP contribution < -0.4 is 10.1 Å². The topological polar surface area (TPSA) is 34.1 Å². The zero-order chi connectivity index (χ0) is 13.7. The minimum atomic E-state index is 0.271. The molecule has 1 atom stereocenters. The lowest BCUT2D eigenvalue weighted by Gasteiger charge is -2.17. The Morgan fingerprint density at radius 1 is 1.21 bits per heavy atom. The molecule has 3 heteroatoms. The van der Waals surface area contributed by atoms with E-state index in [4.69, 9.17) is 4.74 Å². The molecule has 3 nitrogen and oxygen atoms in total. The zero-order valence-electron chi connectivity index (χ0n) is 11.7. The van der Waals surface area contributed by atoms with Gasteiger partial charge < -0.3 is 10.1 Å². The molecule has 0 spiro atoms. The van der Waals surface area contributed by atoms with Crippen molar-refractivity contribution < 1.29 is 4.74 Å². The Hall–Kier alpha value is -1.87. The largest absolute Gasteiger partial charge is 0.489 e. The summed E-state index contributed by atoms with van der Waals surface area (Å²) in [5.41, 5.74) is 3.56. The molecule has 0 aliphatic carbocycles. The number of nitrogens with zero attached hydrogens (tertiary/aromatic N) is 1. The fourth-order valence-corrected chi connectivity index (χ4v) is 1.93. The lowest BCUT2D eigenvalue weighted by Crippen LogP contribution is -2.14. The molecule has 2 rings (SSSR count). The number of nitrogens with one attached hydrogen (secondary N) is 1. The van der Waals surface area contributed by atoms with E-state index >= 15 is 0 Å². The van der Waals surface area contributed by atoms with Gasteiger partial charge in [0, 0.05) is 24.0 Å². The molecular weight excluding hydrogens is 236 g/mol. The van der Waals surface area contributed by atoms with Crippen LogP contribution in [0.25, 0.3) is 0 Å². The van der Waals surface area contributed by atoms with Crippen molar-refractivity contribution in [2.24, 2.45) is 0 Å². The number of aryl methyl sites for hydroxylation is 1. The van der Waals surface area contributed by atoms with E-state index in [1.54, 1.807) is 12.4 Å². The third kappa shape index (κ3) is 3.55. The maximum atomic E-state index is 5.93. The van der Waals surface area contributed by atoms with E-state index < -0.39 is 0 Å². The number of rotatable bonds is 5. The van der Waals surface area contributed by atoms with E-state index in [2.05, 4.69) is 36.3 Å². The predicted octanol–water partition coefficient (Wildman–Crippen LogP) is 3.25. The van der Waals surface area contributed by atoms with Gasteiger partial charge in [-0.1, -0.05) is 17.7 Å². The van der Waals surface area contributed by atoms with Crippen molar-refractivity contribution in [3.63, 3.8) is 0 Å². The van der Waals surface area contributed by atoms with Crippen LogP contribution in [0.4, 0.5) is 0 Å². The van der Waals surface area contributed by atoms with Crippen LogP contribution in [0.15, 0.2) is 42.7 Å². The van der Waals surface area contributed by atoms with E-state index in [1.807, 2.05) is 25.2 Å². The molecule has 0 bridgehead atoms. The van der Waals surface area contributed by atoms with E-state index in [0.29, 0.717) is 6.61 Å². The van der Waals surface area contributed by atoms with Crippen LogP contribution in [0, 0.1) is 6.92 Å². The molecule has 0 fully saturated rings. The monoisotopic (exact) mass is 256 g/mol. The fraction of sp³-hybridized carbons (Fsp3) is 0.312. The number of benzene rings is 1. The molecule has 0 saturated carbocycles. The van der Waals surface area contributed by atoms with Crippen LogP contribution in [-0.2, 0) is 6.61 Å². The van der Waals surface area contributed by atoms with Crippen LogP contribution in [0.5, 0.6) is 5.75 Å². The lowest BCUT2D eigenvalue weighted by atomic mass is 10.0. The van der Waals surface area contributed by atoms with Gasteiger partial charge in [-0.05, 0) is 44.7 Å². The Morgan fingerprint density at radius 3 is 2.63 bits per heavy atom. The molecule has 1 aromatic carbocycles. The highest BCUT2D eigenvalue weighted by Gasteiger charge is 2.10. The van der Waals surface area contributed by atoms with Crippen molar-refractivity contribution in [1.82, 2.24) is 10.3 Å². The van der Waals surface area contributed by atoms with Gasteiger partial charge >= 0.3 is 0 Å². The maximum absolute atomic E-state index is 5.93. The standard InChI is InChI=1S/C16H20N2O/c1-12-4-5-16(15(10-12)13(2)17-3)19-11-14-6-8-18-9-7-14/h4-10,13,17H,11H2,1-3H3. The zero-order valence-corrected chi connectivity index (χ0v) is 11.7. The Bertz CT molecular complexity index is 526. The van der Waals surface area contributed by atoms with Gasteiger partial charge in [0.25, 0.3) is 0 Å². The van der Waals surface area contributed by atoms with Crippen molar-refractivity contribution in [2.45, 2.75) is 26.5 Å². The van der Waals surface area contributed by atoms with E-state index in [0.717, 1.165) is 11.3 Å². The molecule has 19 heavy (non-hydrogen) atoms. The Kier molecular flexibility index (Phi) is 4.53. The van der Waals surface area contributed by atoms with Crippen LogP contribution in [0.2, 0.25) is 0 Å². The smallest absolute Gasteiger partial charge is 0.124 e. The van der Waals surface area contributed by atoms with Crippen LogP contribution >= 0.6 is 0 Å². The SMILES string of the molecule is CNC(C)c1cc(C)ccc1OCc1ccncc1. The van der Waals surface area contributed by atoms with Crippen LogP contribution in [0.3, 0.4) is 0 Å². The molecule has 0 aliphatic rings. The van der Waals surface area contributed by atoms with Gasteiger partial charge in [0.05, 0.1) is 0 Å². The van der Waals surface area contributed by atoms with Crippen LogP contribution in [0.1, 0.15) is 29.7 Å². The Morgan fingerprint density at radius 2 is 1.95 bits per heavy atom. The molecule has 1 heterocycles. The summed E-state index contributed by atoms with van der Waals surface area (Å²) in [5.74, 6) is 0.935. The normalized spacial score (nSPS) is 12.2. The highest BCUT2D eigenvalue weighted by atomic mass is 16.5. The predicted molar refractivity (Wildman–Crippen MR) is 77.2 cm³/mol. The molecule has 100 valence electrons. The van der Waals surface area contributed by atoms with Crippen LogP contribution in [-0.4, -0.2) is 12.0 Å². The first-order valence-corrected chi connectivity index (χ1v) is 6.50. The number of aromatic nitrogens is 1. The second-order valence-electron chi connectivity index (χ2n) is 4.70. The molecule has 0 amide bonds. The van der Waals surface area contributed by atoms with Gasteiger partial charge in [-0.25, -0.2) is 0 Å². The Labute approximate surface area is 114 Å². The summed E-state index contributed by atoms with van der Waals surface area (Å²) < 4.78 is 5.93. The summed E-state index contributed by atoms with van der Waals surface area (Å²) in [7, 11) is 1.96. The molecule has 0 radical (unpaired) electrons. The third-order valence-corrected chi connectivity index (χ3v) is 3.21. The van der Waals surface area contributed by atoms with E-state index in [9.17, 15) is 0 Å². The minimum absolute atomic E-state index is 0.271. The van der Waals surface area contributed by atoms with Crippen molar-refractivity contribution in [1.29, 1.82) is 0 Å². The average molecular weight is 256 g/mol. The second kappa shape index (κ2) is 6.34. The molecule has 1 unspecified atom stereocenters. The number of hydrogen-bond donors (Lipinski definition) is 1. The molecule has 1 N–H and O–H groups in total.